The van der Waals surface area contributed by atoms with Crippen LogP contribution < -0.4 is 4.90 Å². The summed E-state index contributed by atoms with van der Waals surface area (Å²) in [4.78, 5) is 14.1. The first kappa shape index (κ1) is 25.1. The third-order valence-corrected chi connectivity index (χ3v) is 6.87. The van der Waals surface area contributed by atoms with Crippen molar-refractivity contribution in [1.29, 1.82) is 0 Å². The fourth-order valence-corrected chi connectivity index (χ4v) is 4.38. The Balaban J connectivity index is 2.67. The van der Waals surface area contributed by atoms with E-state index in [-0.39, 0.29) is 31.9 Å². The van der Waals surface area contributed by atoms with Crippen LogP contribution in [-0.2, 0) is 14.8 Å². The maximum absolute atomic E-state index is 12.9. The zero-order valence-corrected chi connectivity index (χ0v) is 20.2. The van der Waals surface area contributed by atoms with Crippen LogP contribution in [0.5, 0.6) is 0 Å². The summed E-state index contributed by atoms with van der Waals surface area (Å²) in [5.41, 5.74) is 0.884. The topological polar surface area (TPSA) is 91.6 Å². The van der Waals surface area contributed by atoms with Gasteiger partial charge in [0.05, 0.1) is 17.7 Å². The molecule has 0 unspecified atom stereocenters. The molecule has 0 radical (unpaired) electrons. The van der Waals surface area contributed by atoms with Gasteiger partial charge in [-0.3, -0.25) is 0 Å². The van der Waals surface area contributed by atoms with Crippen molar-refractivity contribution in [1.82, 2.24) is 4.31 Å². The van der Waals surface area contributed by atoms with Crippen LogP contribution >= 0.6 is 23.2 Å². The van der Waals surface area contributed by atoms with Gasteiger partial charge in [0.1, 0.15) is 16.3 Å². The van der Waals surface area contributed by atoms with Crippen LogP contribution in [0.1, 0.15) is 24.2 Å². The molecular weight excluding hydrogens is 463 g/mol. The molecule has 0 fully saturated rings. The Morgan fingerprint density at radius 2 is 1.71 bits per heavy atom. The fraction of sp³-hybridized carbons (Fsp3) is 0.350. The number of esters is 1. The zero-order valence-electron chi connectivity index (χ0n) is 17.9. The number of hydrogen-bond acceptors (Lipinski definition) is 7. The SMILES string of the molecule is CCN(CC)c1ccc(N=Nc2c(Cl)cc(Cl)cc2C(=O)OC)c(S(=O)(=O)N(C)C)c1. The van der Waals surface area contributed by atoms with Gasteiger partial charge in [0.25, 0.3) is 0 Å². The number of ether oxygens (including phenoxy) is 1. The van der Waals surface area contributed by atoms with Crippen molar-refractivity contribution < 1.29 is 17.9 Å². The first-order valence-electron chi connectivity index (χ1n) is 9.37. The molecule has 2 rings (SSSR count). The van der Waals surface area contributed by atoms with Crippen LogP contribution in [0.3, 0.4) is 0 Å². The lowest BCUT2D eigenvalue weighted by Gasteiger charge is -2.22. The van der Waals surface area contributed by atoms with E-state index in [0.717, 1.165) is 9.99 Å². The number of halogens is 2. The average molecular weight is 487 g/mol. The number of rotatable bonds is 8. The zero-order chi connectivity index (χ0) is 23.3. The molecule has 0 bridgehead atoms. The molecule has 0 aliphatic carbocycles. The van der Waals surface area contributed by atoms with Crippen LogP contribution in [-0.4, -0.2) is 53.0 Å². The Morgan fingerprint density at radius 3 is 2.26 bits per heavy atom. The van der Waals surface area contributed by atoms with E-state index in [9.17, 15) is 13.2 Å². The molecule has 0 saturated carbocycles. The molecule has 0 N–H and O–H groups in total. The average Bonchev–Trinajstić information content (AvgIpc) is 2.73. The van der Waals surface area contributed by atoms with E-state index in [2.05, 4.69) is 10.2 Å². The van der Waals surface area contributed by atoms with Crippen molar-refractivity contribution in [2.45, 2.75) is 18.7 Å². The van der Waals surface area contributed by atoms with Crippen LogP contribution in [0, 0.1) is 0 Å². The maximum Gasteiger partial charge on any atom is 0.340 e. The van der Waals surface area contributed by atoms with Crippen molar-refractivity contribution in [2.24, 2.45) is 10.2 Å². The Kier molecular flexibility index (Phi) is 8.41. The highest BCUT2D eigenvalue weighted by Gasteiger charge is 2.23. The van der Waals surface area contributed by atoms with E-state index in [1.807, 2.05) is 18.7 Å². The minimum atomic E-state index is -3.83. The number of benzene rings is 2. The van der Waals surface area contributed by atoms with Crippen LogP contribution in [0.4, 0.5) is 17.1 Å². The molecule has 0 aliphatic rings. The predicted octanol–water partition coefficient (Wildman–Crippen LogP) is 5.29. The van der Waals surface area contributed by atoms with Crippen molar-refractivity contribution in [3.05, 3.63) is 45.9 Å². The molecule has 0 aliphatic heterocycles. The number of carbonyl (C=O) groups is 1. The standard InChI is InChI=1S/C20H24Cl2N4O4S/c1-6-26(7-2)14-8-9-17(18(12-14)31(28,29)25(3)4)23-24-19-15(20(27)30-5)10-13(21)11-16(19)22/h8-12H,6-7H2,1-5H3. The highest BCUT2D eigenvalue weighted by atomic mass is 35.5. The quantitative estimate of drug-likeness (QED) is 0.373. The van der Waals surface area contributed by atoms with Crippen molar-refractivity contribution in [2.75, 3.05) is 39.2 Å². The van der Waals surface area contributed by atoms with Gasteiger partial charge in [-0.2, -0.15) is 0 Å². The summed E-state index contributed by atoms with van der Waals surface area (Å²) >= 11 is 12.2. The summed E-state index contributed by atoms with van der Waals surface area (Å²) in [6.07, 6.45) is 0. The first-order chi connectivity index (χ1) is 14.6. The van der Waals surface area contributed by atoms with Gasteiger partial charge in [0, 0.05) is 37.9 Å². The Labute approximate surface area is 192 Å². The molecule has 168 valence electrons. The Hall–Kier alpha value is -2.20. The highest BCUT2D eigenvalue weighted by molar-refractivity contribution is 7.89. The third kappa shape index (κ3) is 5.54. The largest absolute Gasteiger partial charge is 0.465 e. The van der Waals surface area contributed by atoms with E-state index < -0.39 is 16.0 Å². The normalized spacial score (nSPS) is 11.9. The summed E-state index contributed by atoms with van der Waals surface area (Å²) in [7, 11) is 0.261. The Morgan fingerprint density at radius 1 is 1.06 bits per heavy atom. The van der Waals surface area contributed by atoms with Crippen LogP contribution in [0.15, 0.2) is 45.5 Å². The van der Waals surface area contributed by atoms with E-state index in [1.54, 1.807) is 18.2 Å². The molecule has 0 aromatic heterocycles. The second kappa shape index (κ2) is 10.4. The van der Waals surface area contributed by atoms with E-state index in [1.165, 1.54) is 33.3 Å². The fourth-order valence-electron chi connectivity index (χ4n) is 2.81. The van der Waals surface area contributed by atoms with Gasteiger partial charge in [0.2, 0.25) is 10.0 Å². The summed E-state index contributed by atoms with van der Waals surface area (Å²) in [6.45, 7) is 5.38. The molecule has 31 heavy (non-hydrogen) atoms. The minimum Gasteiger partial charge on any atom is -0.465 e. The van der Waals surface area contributed by atoms with E-state index >= 15 is 0 Å². The molecule has 8 nitrogen and oxygen atoms in total. The first-order valence-corrected chi connectivity index (χ1v) is 11.6. The summed E-state index contributed by atoms with van der Waals surface area (Å²) in [6, 6.07) is 7.65. The smallest absolute Gasteiger partial charge is 0.340 e. The highest BCUT2D eigenvalue weighted by Crippen LogP contribution is 2.36. The number of carbonyl (C=O) groups excluding carboxylic acids is 1. The number of azo groups is 1. The van der Waals surface area contributed by atoms with Gasteiger partial charge >= 0.3 is 5.97 Å². The lowest BCUT2D eigenvalue weighted by atomic mass is 10.2. The van der Waals surface area contributed by atoms with Crippen molar-refractivity contribution in [3.63, 3.8) is 0 Å². The number of anilines is 1. The molecule has 2 aromatic carbocycles. The Bertz CT molecular complexity index is 1100. The number of hydrogen-bond donors (Lipinski definition) is 0. The lowest BCUT2D eigenvalue weighted by molar-refractivity contribution is 0.0601. The van der Waals surface area contributed by atoms with E-state index in [4.69, 9.17) is 27.9 Å². The van der Waals surface area contributed by atoms with Gasteiger partial charge in [-0.1, -0.05) is 23.2 Å². The predicted molar refractivity (Wildman–Crippen MR) is 123 cm³/mol. The number of sulfonamides is 1. The van der Waals surface area contributed by atoms with Gasteiger partial charge in [0.15, 0.2) is 0 Å². The van der Waals surface area contributed by atoms with E-state index in [0.29, 0.717) is 13.1 Å². The van der Waals surface area contributed by atoms with Crippen LogP contribution in [0.25, 0.3) is 0 Å². The van der Waals surface area contributed by atoms with Gasteiger partial charge in [-0.15, -0.1) is 10.2 Å². The monoisotopic (exact) mass is 486 g/mol. The second-order valence-corrected chi connectivity index (χ2v) is 9.55. The van der Waals surface area contributed by atoms with Crippen LogP contribution in [0.2, 0.25) is 10.0 Å². The minimum absolute atomic E-state index is 0.0144. The lowest BCUT2D eigenvalue weighted by Crippen LogP contribution is -2.24. The summed E-state index contributed by atoms with van der Waals surface area (Å²) in [5.74, 6) is -0.698. The van der Waals surface area contributed by atoms with Gasteiger partial charge < -0.3 is 9.64 Å². The molecule has 0 saturated heterocycles. The molecule has 11 heteroatoms. The molecule has 0 heterocycles. The molecule has 2 aromatic rings. The molecular formula is C20H24Cl2N4O4S. The molecule has 0 amide bonds. The second-order valence-electron chi connectivity index (χ2n) is 6.59. The van der Waals surface area contributed by atoms with Crippen molar-refractivity contribution >= 4 is 56.3 Å². The molecule has 0 atom stereocenters. The number of nitrogens with zero attached hydrogens (tertiary/aromatic N) is 4. The summed E-state index contributed by atoms with van der Waals surface area (Å²) in [5, 5.41) is 8.48. The van der Waals surface area contributed by atoms with Crippen molar-refractivity contribution in [3.8, 4) is 0 Å². The van der Waals surface area contributed by atoms with Gasteiger partial charge in [-0.05, 0) is 44.2 Å². The summed E-state index contributed by atoms with van der Waals surface area (Å²) < 4.78 is 31.7. The third-order valence-electron chi connectivity index (χ3n) is 4.52. The van der Waals surface area contributed by atoms with Gasteiger partial charge in [-0.25, -0.2) is 17.5 Å². The molecule has 0 spiro atoms. The number of methoxy groups -OCH3 is 1. The maximum atomic E-state index is 12.9.